The molecule has 6 heteroatoms. The number of primary amides is 1. The van der Waals surface area contributed by atoms with Crippen LogP contribution in [0.15, 0.2) is 17.8 Å². The number of nitrogens with zero attached hydrogens (tertiary/aromatic N) is 1. The number of anilines is 1. The van der Waals surface area contributed by atoms with Gasteiger partial charge in [0.05, 0.1) is 10.6 Å². The average molecular weight is 290 g/mol. The standard InChI is InChI=1S/C14H18N4OS/c1-9(2)18-8-10(7-17-18)4-5-11-6-12(16-3)13(20-11)14(15)19/h6,8-9,16-17H,7H2,1-3H3,(H2,15,19). The smallest absolute Gasteiger partial charge is 0.260 e. The fourth-order valence-electron chi connectivity index (χ4n) is 1.81. The molecule has 1 aromatic rings. The fraction of sp³-hybridized carbons (Fsp3) is 0.357. The van der Waals surface area contributed by atoms with Crippen molar-refractivity contribution in [3.8, 4) is 11.8 Å². The van der Waals surface area contributed by atoms with Gasteiger partial charge in [-0.1, -0.05) is 11.8 Å². The number of hydrogen-bond acceptors (Lipinski definition) is 5. The Hall–Kier alpha value is -1.97. The summed E-state index contributed by atoms with van der Waals surface area (Å²) in [7, 11) is 1.76. The summed E-state index contributed by atoms with van der Waals surface area (Å²) in [6, 6.07) is 2.24. The Bertz CT molecular complexity index is 606. The van der Waals surface area contributed by atoms with Gasteiger partial charge in [0.15, 0.2) is 0 Å². The molecular formula is C14H18N4OS. The Morgan fingerprint density at radius 3 is 2.80 bits per heavy atom. The van der Waals surface area contributed by atoms with Crippen LogP contribution >= 0.6 is 11.3 Å². The number of nitrogens with one attached hydrogen (secondary N) is 2. The molecule has 106 valence electrons. The molecule has 0 fully saturated rings. The minimum atomic E-state index is -0.430. The highest BCUT2D eigenvalue weighted by Crippen LogP contribution is 2.25. The Balaban J connectivity index is 2.18. The second kappa shape index (κ2) is 5.99. The molecule has 5 nitrogen and oxygen atoms in total. The largest absolute Gasteiger partial charge is 0.387 e. The van der Waals surface area contributed by atoms with E-state index in [2.05, 4.69) is 36.4 Å². The van der Waals surface area contributed by atoms with Gasteiger partial charge in [-0.3, -0.25) is 4.79 Å². The van der Waals surface area contributed by atoms with Crippen molar-refractivity contribution in [2.45, 2.75) is 19.9 Å². The number of nitrogens with two attached hydrogens (primary N) is 1. The molecular weight excluding hydrogens is 272 g/mol. The number of amides is 1. The first kappa shape index (κ1) is 14.4. The molecule has 1 amide bonds. The van der Waals surface area contributed by atoms with Crippen LogP contribution in [0.3, 0.4) is 0 Å². The number of carbonyl (C=O) groups is 1. The summed E-state index contributed by atoms with van der Waals surface area (Å²) in [5.74, 6) is 5.78. The van der Waals surface area contributed by atoms with Crippen LogP contribution in [0.25, 0.3) is 0 Å². The van der Waals surface area contributed by atoms with E-state index in [1.54, 1.807) is 7.05 Å². The summed E-state index contributed by atoms with van der Waals surface area (Å²) in [5.41, 5.74) is 10.3. The van der Waals surface area contributed by atoms with Crippen LogP contribution in [-0.4, -0.2) is 30.6 Å². The maximum Gasteiger partial charge on any atom is 0.260 e. The Kier molecular flexibility index (Phi) is 4.32. The average Bonchev–Trinajstić information content (AvgIpc) is 3.03. The molecule has 0 atom stereocenters. The van der Waals surface area contributed by atoms with Crippen LogP contribution in [0, 0.1) is 11.8 Å². The van der Waals surface area contributed by atoms with Crippen LogP contribution < -0.4 is 16.5 Å². The normalized spacial score (nSPS) is 14.0. The van der Waals surface area contributed by atoms with E-state index < -0.39 is 5.91 Å². The first-order chi connectivity index (χ1) is 9.51. The molecule has 0 radical (unpaired) electrons. The van der Waals surface area contributed by atoms with Crippen molar-refractivity contribution in [2.24, 2.45) is 5.73 Å². The van der Waals surface area contributed by atoms with E-state index in [4.69, 9.17) is 5.73 Å². The van der Waals surface area contributed by atoms with E-state index >= 15 is 0 Å². The van der Waals surface area contributed by atoms with Crippen molar-refractivity contribution < 1.29 is 4.79 Å². The summed E-state index contributed by atoms with van der Waals surface area (Å²) >= 11 is 1.31. The number of thiophene rings is 1. The molecule has 0 aliphatic carbocycles. The summed E-state index contributed by atoms with van der Waals surface area (Å²) in [6.07, 6.45) is 2.01. The van der Waals surface area contributed by atoms with Gasteiger partial charge in [-0.25, -0.2) is 5.43 Å². The molecule has 2 rings (SSSR count). The fourth-order valence-corrected chi connectivity index (χ4v) is 2.68. The van der Waals surface area contributed by atoms with Crippen molar-refractivity contribution in [3.05, 3.63) is 27.6 Å². The van der Waals surface area contributed by atoms with Crippen molar-refractivity contribution in [1.82, 2.24) is 10.4 Å². The van der Waals surface area contributed by atoms with E-state index in [1.807, 2.05) is 17.3 Å². The van der Waals surface area contributed by atoms with Crippen LogP contribution in [0.4, 0.5) is 5.69 Å². The lowest BCUT2D eigenvalue weighted by Crippen LogP contribution is -2.34. The molecule has 0 saturated heterocycles. The Labute approximate surface area is 122 Å². The molecule has 0 spiro atoms. The van der Waals surface area contributed by atoms with Crippen molar-refractivity contribution in [3.63, 3.8) is 0 Å². The molecule has 1 aliphatic rings. The lowest BCUT2D eigenvalue weighted by molar-refractivity contribution is 0.100. The van der Waals surface area contributed by atoms with Gasteiger partial charge >= 0.3 is 0 Å². The minimum absolute atomic E-state index is 0.397. The Morgan fingerprint density at radius 1 is 1.55 bits per heavy atom. The summed E-state index contributed by atoms with van der Waals surface area (Å²) in [5, 5.41) is 4.99. The first-order valence-electron chi connectivity index (χ1n) is 6.37. The maximum absolute atomic E-state index is 11.3. The number of hydrazine groups is 1. The first-order valence-corrected chi connectivity index (χ1v) is 7.19. The lowest BCUT2D eigenvalue weighted by atomic mass is 10.3. The molecule has 0 unspecified atom stereocenters. The van der Waals surface area contributed by atoms with E-state index in [0.29, 0.717) is 10.9 Å². The highest BCUT2D eigenvalue weighted by molar-refractivity contribution is 7.15. The molecule has 1 aromatic heterocycles. The van der Waals surface area contributed by atoms with E-state index in [-0.39, 0.29) is 0 Å². The predicted octanol–water partition coefficient (Wildman–Crippen LogP) is 1.35. The monoisotopic (exact) mass is 290 g/mol. The van der Waals surface area contributed by atoms with Gasteiger partial charge < -0.3 is 16.1 Å². The van der Waals surface area contributed by atoms with E-state index in [9.17, 15) is 4.79 Å². The van der Waals surface area contributed by atoms with Gasteiger partial charge in [-0.15, -0.1) is 11.3 Å². The third kappa shape index (κ3) is 3.13. The van der Waals surface area contributed by atoms with Crippen LogP contribution in [0.5, 0.6) is 0 Å². The summed E-state index contributed by atoms with van der Waals surface area (Å²) < 4.78 is 0. The van der Waals surface area contributed by atoms with E-state index in [0.717, 1.165) is 22.7 Å². The molecule has 0 bridgehead atoms. The molecule has 2 heterocycles. The SMILES string of the molecule is CNc1cc(C#CC2=CN(C(C)C)NC2)sc1C(N)=O. The van der Waals surface area contributed by atoms with Crippen molar-refractivity contribution >= 4 is 22.9 Å². The summed E-state index contributed by atoms with van der Waals surface area (Å²) in [4.78, 5) is 12.6. The molecule has 1 aliphatic heterocycles. The second-order valence-corrected chi connectivity index (χ2v) is 5.76. The third-order valence-electron chi connectivity index (χ3n) is 2.87. The van der Waals surface area contributed by atoms with Gasteiger partial charge in [-0.05, 0) is 19.9 Å². The third-order valence-corrected chi connectivity index (χ3v) is 3.94. The van der Waals surface area contributed by atoms with E-state index in [1.165, 1.54) is 11.3 Å². The minimum Gasteiger partial charge on any atom is -0.387 e. The zero-order valence-electron chi connectivity index (χ0n) is 11.8. The molecule has 0 aromatic carbocycles. The maximum atomic E-state index is 11.3. The van der Waals surface area contributed by atoms with Crippen molar-refractivity contribution in [2.75, 3.05) is 18.9 Å². The molecule has 4 N–H and O–H groups in total. The predicted molar refractivity (Wildman–Crippen MR) is 82.3 cm³/mol. The van der Waals surface area contributed by atoms with Gasteiger partial charge in [0.1, 0.15) is 4.88 Å². The van der Waals surface area contributed by atoms with Crippen molar-refractivity contribution in [1.29, 1.82) is 0 Å². The summed E-state index contributed by atoms with van der Waals surface area (Å²) in [6.45, 7) is 4.95. The van der Waals surface area contributed by atoms with Gasteiger partial charge in [0, 0.05) is 31.4 Å². The number of rotatable bonds is 3. The Morgan fingerprint density at radius 2 is 2.30 bits per heavy atom. The lowest BCUT2D eigenvalue weighted by Gasteiger charge is -2.19. The zero-order chi connectivity index (χ0) is 14.7. The van der Waals surface area contributed by atoms with Crippen LogP contribution in [0.2, 0.25) is 0 Å². The van der Waals surface area contributed by atoms with Crippen LogP contribution in [-0.2, 0) is 0 Å². The topological polar surface area (TPSA) is 70.4 Å². The highest BCUT2D eigenvalue weighted by Gasteiger charge is 2.13. The second-order valence-electron chi connectivity index (χ2n) is 4.71. The van der Waals surface area contributed by atoms with Gasteiger partial charge in [-0.2, -0.15) is 0 Å². The zero-order valence-corrected chi connectivity index (χ0v) is 12.6. The number of hydrogen-bond donors (Lipinski definition) is 3. The highest BCUT2D eigenvalue weighted by atomic mass is 32.1. The van der Waals surface area contributed by atoms with Gasteiger partial charge in [0.2, 0.25) is 0 Å². The molecule has 0 saturated carbocycles. The van der Waals surface area contributed by atoms with Crippen LogP contribution in [0.1, 0.15) is 28.4 Å². The molecule has 20 heavy (non-hydrogen) atoms. The number of carbonyl (C=O) groups excluding carboxylic acids is 1. The quantitative estimate of drug-likeness (QED) is 0.735. The van der Waals surface area contributed by atoms with Gasteiger partial charge in [0.25, 0.3) is 5.91 Å².